The van der Waals surface area contributed by atoms with Gasteiger partial charge in [0.05, 0.1) is 37.2 Å². The average molecular weight is 339 g/mol. The van der Waals surface area contributed by atoms with Crippen molar-refractivity contribution in [2.24, 2.45) is 0 Å². The van der Waals surface area contributed by atoms with Crippen LogP contribution in [0.4, 0.5) is 0 Å². The van der Waals surface area contributed by atoms with Gasteiger partial charge in [-0.05, 0) is 17.5 Å². The summed E-state index contributed by atoms with van der Waals surface area (Å²) >= 11 is 0. The highest BCUT2D eigenvalue weighted by Gasteiger charge is 2.38. The number of likely N-dealkylation sites (tertiary alicyclic amines) is 1. The molecule has 0 N–H and O–H groups in total. The van der Waals surface area contributed by atoms with Gasteiger partial charge in [-0.1, -0.05) is 29.5 Å². The minimum Gasteiger partial charge on any atom is -0.368 e. The summed E-state index contributed by atoms with van der Waals surface area (Å²) in [6.45, 7) is 4.12. The molecule has 0 bridgehead atoms. The Labute approximate surface area is 146 Å². The molecule has 7 nitrogen and oxygen atoms in total. The largest absolute Gasteiger partial charge is 0.368 e. The van der Waals surface area contributed by atoms with Gasteiger partial charge in [-0.2, -0.15) is 0 Å². The summed E-state index contributed by atoms with van der Waals surface area (Å²) in [5, 5.41) is 8.18. The fourth-order valence-electron chi connectivity index (χ4n) is 4.22. The van der Waals surface area contributed by atoms with E-state index >= 15 is 0 Å². The Morgan fingerprint density at radius 2 is 2.04 bits per heavy atom. The van der Waals surface area contributed by atoms with Gasteiger partial charge in [0.1, 0.15) is 0 Å². The summed E-state index contributed by atoms with van der Waals surface area (Å²) in [6, 6.07) is 8.63. The van der Waals surface area contributed by atoms with Gasteiger partial charge in [0.15, 0.2) is 0 Å². The number of hydrogen-bond acceptors (Lipinski definition) is 5. The Bertz CT molecular complexity index is 779. The first-order valence-corrected chi connectivity index (χ1v) is 8.85. The molecule has 5 rings (SSSR count). The molecule has 1 fully saturated rings. The maximum atomic E-state index is 12.8. The van der Waals surface area contributed by atoms with Crippen molar-refractivity contribution in [1.82, 2.24) is 24.8 Å². The van der Waals surface area contributed by atoms with Crippen molar-refractivity contribution in [3.8, 4) is 0 Å². The first-order valence-electron chi connectivity index (χ1n) is 8.85. The molecule has 1 aromatic carbocycles. The first kappa shape index (κ1) is 15.0. The molecule has 130 valence electrons. The zero-order valence-corrected chi connectivity index (χ0v) is 14.0. The number of benzene rings is 1. The van der Waals surface area contributed by atoms with Crippen molar-refractivity contribution >= 4 is 5.91 Å². The summed E-state index contributed by atoms with van der Waals surface area (Å²) in [5.74, 6) is 0.194. The maximum Gasteiger partial charge on any atom is 0.236 e. The fraction of sp³-hybridized carbons (Fsp3) is 0.500. The van der Waals surface area contributed by atoms with Gasteiger partial charge in [-0.15, -0.1) is 5.10 Å². The molecule has 0 saturated carbocycles. The highest BCUT2D eigenvalue weighted by molar-refractivity contribution is 5.78. The maximum absolute atomic E-state index is 12.8. The number of ether oxygens (including phenoxy) is 1. The van der Waals surface area contributed by atoms with Crippen molar-refractivity contribution in [2.75, 3.05) is 19.6 Å². The third-order valence-corrected chi connectivity index (χ3v) is 5.55. The molecule has 0 radical (unpaired) electrons. The van der Waals surface area contributed by atoms with E-state index in [4.69, 9.17) is 4.74 Å². The predicted molar refractivity (Wildman–Crippen MR) is 89.4 cm³/mol. The second-order valence-corrected chi connectivity index (χ2v) is 7.13. The smallest absolute Gasteiger partial charge is 0.236 e. The molecule has 0 spiro atoms. The van der Waals surface area contributed by atoms with E-state index in [0.717, 1.165) is 31.7 Å². The van der Waals surface area contributed by atoms with Crippen LogP contribution in [0.5, 0.6) is 0 Å². The van der Waals surface area contributed by atoms with E-state index in [1.54, 1.807) is 6.20 Å². The molecule has 7 heteroatoms. The van der Waals surface area contributed by atoms with Crippen molar-refractivity contribution in [1.29, 1.82) is 0 Å². The molecule has 3 aliphatic rings. The lowest BCUT2D eigenvalue weighted by Crippen LogP contribution is -2.52. The Kier molecular flexibility index (Phi) is 3.57. The highest BCUT2D eigenvalue weighted by Crippen LogP contribution is 2.30. The number of rotatable bonds is 2. The number of carbonyl (C=O) groups is 1. The highest BCUT2D eigenvalue weighted by atomic mass is 16.5. The normalized spacial score (nSPS) is 25.4. The zero-order valence-electron chi connectivity index (χ0n) is 14.0. The molecule has 1 saturated heterocycles. The van der Waals surface area contributed by atoms with Gasteiger partial charge >= 0.3 is 0 Å². The lowest BCUT2D eigenvalue weighted by Gasteiger charge is -2.41. The summed E-state index contributed by atoms with van der Waals surface area (Å²) < 4.78 is 7.94. The average Bonchev–Trinajstić information content (AvgIpc) is 3.27. The second kappa shape index (κ2) is 5.93. The number of piperidine rings is 1. The predicted octanol–water partition coefficient (Wildman–Crippen LogP) is 0.966. The molecule has 2 aromatic rings. The van der Waals surface area contributed by atoms with Crippen LogP contribution in [0.3, 0.4) is 0 Å². The van der Waals surface area contributed by atoms with Crippen LogP contribution in [-0.4, -0.2) is 56.4 Å². The number of nitrogens with zero attached hydrogens (tertiary/aromatic N) is 5. The van der Waals surface area contributed by atoms with Crippen LogP contribution in [-0.2, 0) is 29.2 Å². The molecule has 1 aromatic heterocycles. The lowest BCUT2D eigenvalue weighted by atomic mass is 10.00. The topological polar surface area (TPSA) is 63.5 Å². The van der Waals surface area contributed by atoms with Crippen molar-refractivity contribution < 1.29 is 9.53 Å². The zero-order chi connectivity index (χ0) is 16.8. The van der Waals surface area contributed by atoms with E-state index in [1.807, 2.05) is 9.58 Å². The summed E-state index contributed by atoms with van der Waals surface area (Å²) in [4.78, 5) is 16.9. The van der Waals surface area contributed by atoms with Crippen molar-refractivity contribution in [2.45, 2.75) is 38.3 Å². The molecule has 25 heavy (non-hydrogen) atoms. The quantitative estimate of drug-likeness (QED) is 0.816. The number of amides is 1. The minimum absolute atomic E-state index is 0.0164. The number of aromatic nitrogens is 3. The van der Waals surface area contributed by atoms with Gasteiger partial charge in [0.2, 0.25) is 5.91 Å². The van der Waals surface area contributed by atoms with Gasteiger partial charge in [-0.3, -0.25) is 9.69 Å². The lowest BCUT2D eigenvalue weighted by molar-refractivity contribution is -0.140. The number of fused-ring (bicyclic) bond motifs is 4. The van der Waals surface area contributed by atoms with Crippen LogP contribution in [0.25, 0.3) is 0 Å². The van der Waals surface area contributed by atoms with Gasteiger partial charge in [-0.25, -0.2) is 4.68 Å². The van der Waals surface area contributed by atoms with Crippen LogP contribution in [0.15, 0.2) is 30.5 Å². The van der Waals surface area contributed by atoms with Crippen LogP contribution < -0.4 is 0 Å². The standard InChI is InChI=1S/C18H21N5O2/c24-18(11-21-8-13-3-1-2-4-14(13)9-21)22-6-5-16-17(10-22)25-12-15-7-19-20-23(15)16/h1-4,7,16-17H,5-6,8-12H2/t16-,17-/m0/s1. The third kappa shape index (κ3) is 2.63. The molecule has 4 heterocycles. The van der Waals surface area contributed by atoms with Gasteiger partial charge in [0, 0.05) is 26.2 Å². The summed E-state index contributed by atoms with van der Waals surface area (Å²) in [5.41, 5.74) is 3.70. The molecule has 1 amide bonds. The van der Waals surface area contributed by atoms with E-state index in [2.05, 4.69) is 39.5 Å². The fourth-order valence-corrected chi connectivity index (χ4v) is 4.22. The molecule has 2 atom stereocenters. The second-order valence-electron chi connectivity index (χ2n) is 7.13. The Balaban J connectivity index is 1.22. The Morgan fingerprint density at radius 1 is 1.24 bits per heavy atom. The minimum atomic E-state index is 0.0164. The third-order valence-electron chi connectivity index (χ3n) is 5.55. The van der Waals surface area contributed by atoms with E-state index in [0.29, 0.717) is 19.7 Å². The van der Waals surface area contributed by atoms with E-state index in [9.17, 15) is 4.79 Å². The van der Waals surface area contributed by atoms with Crippen LogP contribution in [0.2, 0.25) is 0 Å². The van der Waals surface area contributed by atoms with E-state index in [-0.39, 0.29) is 18.1 Å². The summed E-state index contributed by atoms with van der Waals surface area (Å²) in [6.07, 6.45) is 2.65. The van der Waals surface area contributed by atoms with Gasteiger partial charge in [0.25, 0.3) is 0 Å². The van der Waals surface area contributed by atoms with Gasteiger partial charge < -0.3 is 9.64 Å². The number of hydrogen-bond donors (Lipinski definition) is 0. The molecule has 3 aliphatic heterocycles. The molecular weight excluding hydrogens is 318 g/mol. The molecular formula is C18H21N5O2. The van der Waals surface area contributed by atoms with E-state index < -0.39 is 0 Å². The van der Waals surface area contributed by atoms with Crippen LogP contribution >= 0.6 is 0 Å². The molecule has 0 aliphatic carbocycles. The summed E-state index contributed by atoms with van der Waals surface area (Å²) in [7, 11) is 0. The Hall–Kier alpha value is -2.25. The van der Waals surface area contributed by atoms with E-state index in [1.165, 1.54) is 11.1 Å². The number of carbonyl (C=O) groups excluding carboxylic acids is 1. The Morgan fingerprint density at radius 3 is 2.84 bits per heavy atom. The van der Waals surface area contributed by atoms with Crippen molar-refractivity contribution in [3.63, 3.8) is 0 Å². The molecule has 0 unspecified atom stereocenters. The monoisotopic (exact) mass is 339 g/mol. The van der Waals surface area contributed by atoms with Crippen LogP contribution in [0.1, 0.15) is 29.3 Å². The van der Waals surface area contributed by atoms with Crippen molar-refractivity contribution in [3.05, 3.63) is 47.3 Å². The SMILES string of the molecule is O=C(CN1Cc2ccccc2C1)N1CC[C@H]2[C@H](C1)OCc1cnnn12. The van der Waals surface area contributed by atoms with Crippen LogP contribution in [0, 0.1) is 0 Å². The first-order chi connectivity index (χ1) is 12.3.